The molecule has 0 radical (unpaired) electrons. The molecule has 0 spiro atoms. The molecule has 0 N–H and O–H groups in total. The van der Waals surface area contributed by atoms with Crippen molar-refractivity contribution in [1.29, 1.82) is 0 Å². The van der Waals surface area contributed by atoms with Gasteiger partial charge in [0.05, 0.1) is 24.1 Å². The first-order valence-electron chi connectivity index (χ1n) is 10.1. The lowest BCUT2D eigenvalue weighted by atomic mass is 10.2. The molecule has 2 heterocycles. The number of ether oxygens (including phenoxy) is 2. The maximum atomic E-state index is 12.4. The van der Waals surface area contributed by atoms with Crippen LogP contribution in [0.3, 0.4) is 0 Å². The number of carbonyl (C=O) groups excluding carboxylic acids is 1. The monoisotopic (exact) mass is 471 g/mol. The summed E-state index contributed by atoms with van der Waals surface area (Å²) in [5.41, 5.74) is 2.58. The van der Waals surface area contributed by atoms with Crippen LogP contribution in [-0.4, -0.2) is 45.3 Å². The second kappa shape index (κ2) is 8.30. The summed E-state index contributed by atoms with van der Waals surface area (Å²) in [6.07, 6.45) is 0.343. The lowest BCUT2D eigenvalue weighted by Crippen LogP contribution is -2.36. The summed E-state index contributed by atoms with van der Waals surface area (Å²) in [7, 11) is 0. The number of likely N-dealkylation sites (tertiary alicyclic amines) is 1. The van der Waals surface area contributed by atoms with E-state index in [1.165, 1.54) is 0 Å². The molecular formula is C23H26BrN3O3. The molecule has 4 rings (SSSR count). The van der Waals surface area contributed by atoms with Crippen LogP contribution in [0.2, 0.25) is 0 Å². The van der Waals surface area contributed by atoms with Crippen LogP contribution in [0, 0.1) is 0 Å². The van der Waals surface area contributed by atoms with Gasteiger partial charge in [-0.15, -0.1) is 0 Å². The van der Waals surface area contributed by atoms with Crippen LogP contribution >= 0.6 is 15.9 Å². The first kappa shape index (κ1) is 20.7. The van der Waals surface area contributed by atoms with Crippen LogP contribution in [0.25, 0.3) is 11.0 Å². The first-order chi connectivity index (χ1) is 14.3. The Morgan fingerprint density at radius 2 is 1.90 bits per heavy atom. The molecule has 1 aliphatic heterocycles. The SMILES string of the molecule is CC(C)(C)OC(=O)N1CC[C@@H](Oc2nc3ccccc3n2Cc2ccc(Br)cc2)C1. The molecule has 0 aliphatic carbocycles. The fourth-order valence-electron chi connectivity index (χ4n) is 3.53. The lowest BCUT2D eigenvalue weighted by molar-refractivity contribution is 0.0273. The minimum atomic E-state index is -0.505. The van der Waals surface area contributed by atoms with Gasteiger partial charge in [0, 0.05) is 17.4 Å². The van der Waals surface area contributed by atoms with Crippen LogP contribution in [0.1, 0.15) is 32.8 Å². The number of imidazole rings is 1. The number of fused-ring (bicyclic) bond motifs is 1. The third-order valence-corrected chi connectivity index (χ3v) is 5.47. The molecule has 0 saturated carbocycles. The Kier molecular flexibility index (Phi) is 5.73. The minimum absolute atomic E-state index is 0.113. The van der Waals surface area contributed by atoms with Crippen LogP contribution < -0.4 is 4.74 Å². The maximum Gasteiger partial charge on any atom is 0.410 e. The number of aromatic nitrogens is 2. The van der Waals surface area contributed by atoms with Gasteiger partial charge in [-0.05, 0) is 50.6 Å². The number of para-hydroxylation sites is 2. The van der Waals surface area contributed by atoms with Gasteiger partial charge in [-0.25, -0.2) is 4.79 Å². The van der Waals surface area contributed by atoms with E-state index in [9.17, 15) is 4.79 Å². The van der Waals surface area contributed by atoms with Gasteiger partial charge in [0.15, 0.2) is 0 Å². The summed E-state index contributed by atoms with van der Waals surface area (Å²) in [6.45, 7) is 7.40. The van der Waals surface area contributed by atoms with Gasteiger partial charge in [0.25, 0.3) is 6.01 Å². The van der Waals surface area contributed by atoms with E-state index in [0.717, 1.165) is 27.5 Å². The second-order valence-corrected chi connectivity index (χ2v) is 9.47. The van der Waals surface area contributed by atoms with Crippen molar-refractivity contribution in [2.75, 3.05) is 13.1 Å². The Morgan fingerprint density at radius 3 is 2.63 bits per heavy atom. The smallest absolute Gasteiger partial charge is 0.410 e. The van der Waals surface area contributed by atoms with E-state index in [0.29, 0.717) is 25.6 Å². The predicted molar refractivity (Wildman–Crippen MR) is 120 cm³/mol. The largest absolute Gasteiger partial charge is 0.459 e. The highest BCUT2D eigenvalue weighted by Gasteiger charge is 2.31. The van der Waals surface area contributed by atoms with Gasteiger partial charge in [-0.3, -0.25) is 4.57 Å². The van der Waals surface area contributed by atoms with Crippen LogP contribution in [-0.2, 0) is 11.3 Å². The number of halogens is 1. The van der Waals surface area contributed by atoms with Gasteiger partial charge >= 0.3 is 6.09 Å². The Hall–Kier alpha value is -2.54. The van der Waals surface area contributed by atoms with Crippen molar-refractivity contribution in [1.82, 2.24) is 14.5 Å². The summed E-state index contributed by atoms with van der Waals surface area (Å²) in [5.74, 6) is 0. The molecule has 1 amide bonds. The third kappa shape index (κ3) is 4.78. The number of hydrogen-bond donors (Lipinski definition) is 0. The number of benzene rings is 2. The van der Waals surface area contributed by atoms with E-state index in [-0.39, 0.29) is 12.2 Å². The summed E-state index contributed by atoms with van der Waals surface area (Å²) >= 11 is 3.49. The highest BCUT2D eigenvalue weighted by Crippen LogP contribution is 2.26. The first-order valence-corrected chi connectivity index (χ1v) is 10.9. The molecule has 158 valence electrons. The number of hydrogen-bond acceptors (Lipinski definition) is 4. The highest BCUT2D eigenvalue weighted by atomic mass is 79.9. The Balaban J connectivity index is 1.53. The average Bonchev–Trinajstić information content (AvgIpc) is 3.28. The molecule has 1 fully saturated rings. The number of carbonyl (C=O) groups is 1. The molecule has 0 unspecified atom stereocenters. The van der Waals surface area contributed by atoms with Crippen molar-refractivity contribution in [3.63, 3.8) is 0 Å². The fourth-order valence-corrected chi connectivity index (χ4v) is 3.80. The Labute approximate surface area is 184 Å². The van der Waals surface area contributed by atoms with Gasteiger partial charge in [0.2, 0.25) is 0 Å². The zero-order valence-corrected chi connectivity index (χ0v) is 19.1. The van der Waals surface area contributed by atoms with Gasteiger partial charge < -0.3 is 14.4 Å². The van der Waals surface area contributed by atoms with E-state index in [4.69, 9.17) is 14.5 Å². The standard InChI is InChI=1S/C23H26BrN3O3/c1-23(2,3)30-22(28)26-13-12-18(15-26)29-21-25-19-6-4-5-7-20(19)27(21)14-16-8-10-17(24)11-9-16/h4-11,18H,12-15H2,1-3H3/t18-/m1/s1. The average molecular weight is 472 g/mol. The predicted octanol–water partition coefficient (Wildman–Crippen LogP) is 5.24. The van der Waals surface area contributed by atoms with Gasteiger partial charge in [-0.1, -0.05) is 40.2 Å². The van der Waals surface area contributed by atoms with Crippen molar-refractivity contribution in [3.8, 4) is 6.01 Å². The van der Waals surface area contributed by atoms with Gasteiger partial charge in [-0.2, -0.15) is 4.98 Å². The number of nitrogens with zero attached hydrogens (tertiary/aromatic N) is 3. The third-order valence-electron chi connectivity index (χ3n) is 4.94. The zero-order chi connectivity index (χ0) is 21.3. The molecule has 7 heteroatoms. The normalized spacial score (nSPS) is 16.8. The maximum absolute atomic E-state index is 12.4. The summed E-state index contributed by atoms with van der Waals surface area (Å²) in [4.78, 5) is 18.8. The molecule has 1 atom stereocenters. The molecule has 1 saturated heterocycles. The van der Waals surface area contributed by atoms with Crippen molar-refractivity contribution >= 4 is 33.1 Å². The van der Waals surface area contributed by atoms with Gasteiger partial charge in [0.1, 0.15) is 11.7 Å². The molecule has 0 bridgehead atoms. The van der Waals surface area contributed by atoms with Crippen LogP contribution in [0.5, 0.6) is 6.01 Å². The molecule has 1 aromatic heterocycles. The van der Waals surface area contributed by atoms with E-state index < -0.39 is 5.60 Å². The highest BCUT2D eigenvalue weighted by molar-refractivity contribution is 9.10. The Morgan fingerprint density at radius 1 is 1.17 bits per heavy atom. The molecule has 1 aliphatic rings. The van der Waals surface area contributed by atoms with Crippen molar-refractivity contribution in [3.05, 3.63) is 58.6 Å². The molecule has 30 heavy (non-hydrogen) atoms. The summed E-state index contributed by atoms with van der Waals surface area (Å²) in [5, 5.41) is 0. The van der Waals surface area contributed by atoms with Crippen molar-refractivity contribution in [2.24, 2.45) is 0 Å². The van der Waals surface area contributed by atoms with E-state index in [2.05, 4.69) is 38.7 Å². The molecule has 3 aromatic rings. The summed E-state index contributed by atoms with van der Waals surface area (Å²) < 4.78 is 14.9. The number of rotatable bonds is 4. The van der Waals surface area contributed by atoms with E-state index in [1.54, 1.807) is 4.90 Å². The quantitative estimate of drug-likeness (QED) is 0.522. The van der Waals surface area contributed by atoms with Crippen molar-refractivity contribution < 1.29 is 14.3 Å². The lowest BCUT2D eigenvalue weighted by Gasteiger charge is -2.24. The zero-order valence-electron chi connectivity index (χ0n) is 17.5. The Bertz CT molecular complexity index is 1040. The molecule has 6 nitrogen and oxygen atoms in total. The number of amides is 1. The molecule has 2 aromatic carbocycles. The minimum Gasteiger partial charge on any atom is -0.459 e. The molecular weight excluding hydrogens is 446 g/mol. The van der Waals surface area contributed by atoms with Crippen LogP contribution in [0.4, 0.5) is 4.79 Å². The fraction of sp³-hybridized carbons (Fsp3) is 0.391. The van der Waals surface area contributed by atoms with Crippen LogP contribution in [0.15, 0.2) is 53.0 Å². The second-order valence-electron chi connectivity index (χ2n) is 8.55. The topological polar surface area (TPSA) is 56.6 Å². The van der Waals surface area contributed by atoms with E-state index >= 15 is 0 Å². The van der Waals surface area contributed by atoms with E-state index in [1.807, 2.05) is 51.1 Å². The summed E-state index contributed by atoms with van der Waals surface area (Å²) in [6, 6.07) is 16.8. The van der Waals surface area contributed by atoms with Crippen molar-refractivity contribution in [2.45, 2.75) is 45.4 Å².